The topological polar surface area (TPSA) is 354 Å². The number of rotatable bonds is 26. The van der Waals surface area contributed by atoms with Gasteiger partial charge in [0.15, 0.2) is 11.4 Å². The number of hydrogen-bond donors (Lipinski definition) is 3. The van der Waals surface area contributed by atoms with Gasteiger partial charge in [0.25, 0.3) is 11.1 Å². The van der Waals surface area contributed by atoms with E-state index < -0.39 is 129 Å². The van der Waals surface area contributed by atoms with Gasteiger partial charge in [0.1, 0.15) is 29.1 Å². The van der Waals surface area contributed by atoms with Gasteiger partial charge in [0.05, 0.1) is 70.5 Å². The summed E-state index contributed by atoms with van der Waals surface area (Å²) >= 11 is 0. The molecule has 3 aromatic rings. The number of benzene rings is 1. The minimum atomic E-state index is -5.29. The maximum atomic E-state index is 15.9. The highest BCUT2D eigenvalue weighted by molar-refractivity contribution is 7.53. The highest BCUT2D eigenvalue weighted by Crippen LogP contribution is 2.70. The number of amides is 1. The van der Waals surface area contributed by atoms with Crippen LogP contribution in [0.4, 0.5) is 0 Å². The van der Waals surface area contributed by atoms with Crippen LogP contribution in [0.25, 0.3) is 6.08 Å². The zero-order valence-corrected chi connectivity index (χ0v) is 49.2. The van der Waals surface area contributed by atoms with Gasteiger partial charge >= 0.3 is 34.6 Å². The number of phosphoric acid groups is 2. The first kappa shape index (κ1) is 64.4. The van der Waals surface area contributed by atoms with Crippen LogP contribution in [0.15, 0.2) is 68.0 Å². The van der Waals surface area contributed by atoms with Crippen LogP contribution >= 0.6 is 23.2 Å². The Morgan fingerprint density at radius 1 is 0.633 bits per heavy atom. The van der Waals surface area contributed by atoms with Gasteiger partial charge in [-0.1, -0.05) is 58.0 Å². The number of nitrogens with zero attached hydrogens (tertiary/aromatic N) is 5. The van der Waals surface area contributed by atoms with Gasteiger partial charge < -0.3 is 19.3 Å². The van der Waals surface area contributed by atoms with E-state index in [2.05, 4.69) is 15.3 Å². The molecule has 2 saturated heterocycles. The Hall–Kier alpha value is -5.45. The number of aromatic amines is 2. The summed E-state index contributed by atoms with van der Waals surface area (Å²) in [6.45, 7) is 15.2. The predicted molar refractivity (Wildman–Crippen MR) is 284 cm³/mol. The summed E-state index contributed by atoms with van der Waals surface area (Å²) in [5, 5.41) is 30.7. The molecule has 26 nitrogen and oxygen atoms in total. The first-order chi connectivity index (χ1) is 36.5. The van der Waals surface area contributed by atoms with Crippen LogP contribution in [0.1, 0.15) is 105 Å². The second-order valence-electron chi connectivity index (χ2n) is 21.0. The SMILES string of the molecule is Cc1cn([C@]2(C)O[C@](C)(COP(=O)(OCCC#N)O[C@]3(C)C(C)(C)[C@](C)(n4cc(C)c(=O)[nH]c4=O)O[C@]3(C)COP(=O)(OCCC#N)OCNC(=O)/C=C/c3ccccc3)[C@](C)(OP(C)(=O)OCCC#N)C2(C)C)c(=O)[nH]c1=O. The molecule has 0 aliphatic carbocycles. The molecule has 1 amide bonds. The van der Waals surface area contributed by atoms with Gasteiger partial charge in [-0.2, -0.15) is 15.8 Å². The van der Waals surface area contributed by atoms with Crippen molar-refractivity contribution in [2.45, 2.75) is 136 Å². The van der Waals surface area contributed by atoms with E-state index >= 15 is 4.57 Å². The van der Waals surface area contributed by atoms with Crippen molar-refractivity contribution in [3.8, 4) is 18.2 Å². The maximum Gasteiger partial charge on any atom is 0.476 e. The summed E-state index contributed by atoms with van der Waals surface area (Å²) in [5.41, 5.74) is -17.6. The average Bonchev–Trinajstić information content (AvgIpc) is 3.74. The molecule has 29 heteroatoms. The van der Waals surface area contributed by atoms with E-state index in [1.807, 2.05) is 18.2 Å². The molecule has 432 valence electrons. The van der Waals surface area contributed by atoms with E-state index in [1.165, 1.54) is 79.9 Å². The molecule has 2 aliphatic rings. The molecule has 0 saturated carbocycles. The van der Waals surface area contributed by atoms with Crippen molar-refractivity contribution in [1.82, 2.24) is 24.4 Å². The lowest BCUT2D eigenvalue weighted by Gasteiger charge is -2.49. The summed E-state index contributed by atoms with van der Waals surface area (Å²) in [7, 11) is -14.4. The lowest BCUT2D eigenvalue weighted by Crippen LogP contribution is -2.60. The third kappa shape index (κ3) is 12.7. The number of nitriles is 3. The van der Waals surface area contributed by atoms with E-state index in [-0.39, 0.29) is 37.0 Å². The van der Waals surface area contributed by atoms with Crippen LogP contribution in [0.5, 0.6) is 0 Å². The van der Waals surface area contributed by atoms with Crippen LogP contribution in [-0.2, 0) is 75.6 Å². The van der Waals surface area contributed by atoms with E-state index in [1.54, 1.807) is 58.0 Å². The van der Waals surface area contributed by atoms with Crippen molar-refractivity contribution in [2.75, 3.05) is 46.4 Å². The standard InChI is InChI=1S/C50H69N8O18P3/c1-35-30-57(41(62)55-39(35)60)49(11)43(3,4)47(9,75-77(13,64)67-27-17-24-51)45(7,73-49)33-71-79(66,69-29-19-26-53)76-48(10)44(5,6)50(12,58-31-36(2)40(61)56-42(58)63)74-46(48,8)32-70-78(65,68-28-18-25-52)72-34-54-38(59)23-22-37-20-15-14-16-21-37/h14-16,20-23,30-31H,17-19,27-29,32-34H2,1-13H3,(H,54,59)(H,55,60,62)(H,56,61,63)/b23-22+/t45-,46-,47-,48-,49-,50-,77?,78?,79?/m1/s1. The second-order valence-corrected chi connectivity index (χ2v) is 26.3. The fourth-order valence-electron chi connectivity index (χ4n) is 9.59. The highest BCUT2D eigenvalue weighted by atomic mass is 31.2. The molecule has 2 fully saturated rings. The van der Waals surface area contributed by atoms with E-state index in [0.717, 1.165) is 15.8 Å². The number of carbonyl (C=O) groups excluding carboxylic acids is 1. The molecule has 0 spiro atoms. The fourth-order valence-corrected chi connectivity index (χ4v) is 14.1. The zero-order chi connectivity index (χ0) is 59.3. The van der Waals surface area contributed by atoms with Crippen molar-refractivity contribution in [3.63, 3.8) is 0 Å². The molecular weight excluding hydrogens is 1090 g/mol. The second kappa shape index (κ2) is 23.9. The molecule has 2 aromatic heterocycles. The normalized spacial score (nSPS) is 28.4. The third-order valence-electron chi connectivity index (χ3n) is 15.5. The van der Waals surface area contributed by atoms with Crippen LogP contribution in [0.3, 0.4) is 0 Å². The Labute approximate surface area is 457 Å². The fraction of sp³-hybridized carbons (Fsp3) is 0.600. The molecule has 4 heterocycles. The molecule has 5 rings (SSSR count). The number of phosphoric ester groups is 2. The lowest BCUT2D eigenvalue weighted by molar-refractivity contribution is -0.187. The average molecular weight is 1160 g/mol. The molecule has 9 atom stereocenters. The number of aryl methyl sites for hydroxylation is 2. The quantitative estimate of drug-likeness (QED) is 0.0318. The van der Waals surface area contributed by atoms with Crippen LogP contribution in [0.2, 0.25) is 0 Å². The van der Waals surface area contributed by atoms with E-state index in [9.17, 15) is 48.9 Å². The van der Waals surface area contributed by atoms with Crippen LogP contribution in [-0.4, -0.2) is 93.8 Å². The van der Waals surface area contributed by atoms with Crippen molar-refractivity contribution < 1.29 is 64.2 Å². The molecule has 3 unspecified atom stereocenters. The monoisotopic (exact) mass is 1160 g/mol. The predicted octanol–water partition coefficient (Wildman–Crippen LogP) is 6.90. The number of hydrogen-bond acceptors (Lipinski definition) is 21. The van der Waals surface area contributed by atoms with Gasteiger partial charge in [0.2, 0.25) is 5.91 Å². The van der Waals surface area contributed by atoms with E-state index in [0.29, 0.717) is 5.56 Å². The van der Waals surface area contributed by atoms with Crippen LogP contribution < -0.4 is 27.8 Å². The zero-order valence-electron chi connectivity index (χ0n) is 46.5. The Kier molecular flexibility index (Phi) is 19.5. The third-order valence-corrected chi connectivity index (χ3v) is 19.8. The van der Waals surface area contributed by atoms with Gasteiger partial charge in [-0.05, 0) is 67.0 Å². The summed E-state index contributed by atoms with van der Waals surface area (Å²) in [6, 6.07) is 14.5. The van der Waals surface area contributed by atoms with Gasteiger partial charge in [-0.3, -0.25) is 69.7 Å². The van der Waals surface area contributed by atoms with Crippen LogP contribution in [0, 0.1) is 58.7 Å². The van der Waals surface area contributed by atoms with E-state index in [4.69, 9.17) is 45.7 Å². The Bertz CT molecular complexity index is 3320. The molecule has 79 heavy (non-hydrogen) atoms. The van der Waals surface area contributed by atoms with Gasteiger partial charge in [-0.15, -0.1) is 0 Å². The summed E-state index contributed by atoms with van der Waals surface area (Å²) in [4.78, 5) is 70.3. The Morgan fingerprint density at radius 3 is 1.51 bits per heavy atom. The Morgan fingerprint density at radius 2 is 1.05 bits per heavy atom. The first-order valence-corrected chi connectivity index (χ1v) is 29.7. The van der Waals surface area contributed by atoms with Gasteiger partial charge in [-0.25, -0.2) is 18.7 Å². The molecule has 2 aliphatic heterocycles. The maximum absolute atomic E-state index is 15.9. The number of nitrogens with one attached hydrogen (secondary N) is 3. The van der Waals surface area contributed by atoms with Crippen molar-refractivity contribution in [2.24, 2.45) is 10.8 Å². The first-order valence-electron chi connectivity index (χ1n) is 24.8. The summed E-state index contributed by atoms with van der Waals surface area (Å²) < 4.78 is 109. The molecule has 1 aromatic carbocycles. The minimum absolute atomic E-state index is 0.0716. The largest absolute Gasteiger partial charge is 0.476 e. The number of aromatic nitrogens is 4. The summed E-state index contributed by atoms with van der Waals surface area (Å²) in [6.07, 6.45) is 4.40. The molecule has 0 radical (unpaired) electrons. The highest BCUT2D eigenvalue weighted by Gasteiger charge is 2.76. The minimum Gasteiger partial charge on any atom is -0.343 e. The molecule has 3 N–H and O–H groups in total. The Balaban J connectivity index is 1.64. The number of H-pyrrole nitrogens is 2. The number of ether oxygens (including phenoxy) is 2. The number of carbonyl (C=O) groups is 1. The van der Waals surface area contributed by atoms with Gasteiger partial charge in [0, 0.05) is 47.1 Å². The molecular formula is C50H69N8O18P3. The van der Waals surface area contributed by atoms with Crippen molar-refractivity contribution in [3.05, 3.63) is 107 Å². The van der Waals surface area contributed by atoms with Crippen molar-refractivity contribution >= 4 is 35.2 Å². The smallest absolute Gasteiger partial charge is 0.343 e. The molecule has 0 bridgehead atoms. The summed E-state index contributed by atoms with van der Waals surface area (Å²) in [5.74, 6) is -0.657. The lowest BCUT2D eigenvalue weighted by atomic mass is 9.65. The van der Waals surface area contributed by atoms with Crippen molar-refractivity contribution in [1.29, 1.82) is 15.8 Å².